The van der Waals surface area contributed by atoms with Gasteiger partial charge in [-0.3, -0.25) is 9.36 Å². The van der Waals surface area contributed by atoms with Crippen molar-refractivity contribution in [2.24, 2.45) is 12.5 Å². The Morgan fingerprint density at radius 2 is 2.21 bits per heavy atom. The molecule has 100 valence electrons. The van der Waals surface area contributed by atoms with Gasteiger partial charge in [-0.25, -0.2) is 4.79 Å². The minimum Gasteiger partial charge on any atom is -0.481 e. The van der Waals surface area contributed by atoms with Crippen molar-refractivity contribution in [3.63, 3.8) is 0 Å². The first-order valence-electron chi connectivity index (χ1n) is 6.34. The summed E-state index contributed by atoms with van der Waals surface area (Å²) in [5.41, 5.74) is 1.53. The zero-order valence-corrected chi connectivity index (χ0v) is 10.7. The summed E-state index contributed by atoms with van der Waals surface area (Å²) < 4.78 is 6.57. The number of aliphatic carboxylic acids is 1. The minimum atomic E-state index is -0.728. The van der Waals surface area contributed by atoms with Crippen molar-refractivity contribution in [3.8, 4) is 0 Å². The number of carbonyl (C=O) groups is 1. The normalized spacial score (nSPS) is 17.3. The van der Waals surface area contributed by atoms with Crippen LogP contribution in [0.2, 0.25) is 0 Å². The lowest BCUT2D eigenvalue weighted by molar-refractivity contribution is -0.154. The highest BCUT2D eigenvalue weighted by atomic mass is 16.4. The maximum atomic E-state index is 11.4. The molecule has 5 nitrogen and oxygen atoms in total. The third-order valence-corrected chi connectivity index (χ3v) is 4.16. The number of carboxylic acid groups (broad SMARTS) is 1. The van der Waals surface area contributed by atoms with E-state index in [1.54, 1.807) is 13.1 Å². The largest absolute Gasteiger partial charge is 0.481 e. The molecule has 5 heteroatoms. The molecular weight excluding hydrogens is 246 g/mol. The van der Waals surface area contributed by atoms with Gasteiger partial charge in [-0.1, -0.05) is 12.5 Å². The number of carboxylic acids is 1. The van der Waals surface area contributed by atoms with E-state index in [0.717, 1.165) is 30.3 Å². The molecule has 19 heavy (non-hydrogen) atoms. The maximum absolute atomic E-state index is 11.4. The lowest BCUT2D eigenvalue weighted by Gasteiger charge is -2.37. The molecule has 0 spiro atoms. The van der Waals surface area contributed by atoms with Gasteiger partial charge in [0.25, 0.3) is 0 Å². The second-order valence-corrected chi connectivity index (χ2v) is 5.34. The van der Waals surface area contributed by atoms with Crippen LogP contribution >= 0.6 is 0 Å². The molecule has 1 saturated carbocycles. The van der Waals surface area contributed by atoms with Crippen molar-refractivity contribution in [1.82, 2.24) is 4.57 Å². The van der Waals surface area contributed by atoms with Crippen LogP contribution in [0, 0.1) is 5.41 Å². The Morgan fingerprint density at radius 3 is 2.79 bits per heavy atom. The van der Waals surface area contributed by atoms with E-state index in [9.17, 15) is 14.7 Å². The molecule has 1 aromatic heterocycles. The molecule has 1 aliphatic carbocycles. The van der Waals surface area contributed by atoms with Gasteiger partial charge in [0, 0.05) is 7.05 Å². The van der Waals surface area contributed by atoms with Crippen LogP contribution in [0.15, 0.2) is 27.4 Å². The summed E-state index contributed by atoms with van der Waals surface area (Å²) in [5, 5.41) is 9.33. The van der Waals surface area contributed by atoms with Crippen LogP contribution in [0.3, 0.4) is 0 Å². The SMILES string of the molecule is Cn1c(=O)oc2cc(CC3(C(=O)O)CCC3)ccc21. The van der Waals surface area contributed by atoms with E-state index in [4.69, 9.17) is 4.42 Å². The Morgan fingerprint density at radius 1 is 1.47 bits per heavy atom. The number of rotatable bonds is 3. The molecule has 0 radical (unpaired) electrons. The van der Waals surface area contributed by atoms with Gasteiger partial charge in [0.15, 0.2) is 5.58 Å². The van der Waals surface area contributed by atoms with Crippen molar-refractivity contribution in [1.29, 1.82) is 0 Å². The summed E-state index contributed by atoms with van der Waals surface area (Å²) >= 11 is 0. The number of fused-ring (bicyclic) bond motifs is 1. The molecule has 0 saturated heterocycles. The van der Waals surface area contributed by atoms with E-state index < -0.39 is 17.1 Å². The molecule has 1 fully saturated rings. The first-order valence-corrected chi connectivity index (χ1v) is 6.34. The highest BCUT2D eigenvalue weighted by Gasteiger charge is 2.44. The van der Waals surface area contributed by atoms with Crippen LogP contribution in [0.5, 0.6) is 0 Å². The van der Waals surface area contributed by atoms with Crippen LogP contribution in [0.4, 0.5) is 0 Å². The van der Waals surface area contributed by atoms with Gasteiger partial charge in [-0.15, -0.1) is 0 Å². The predicted octanol–water partition coefficient (Wildman–Crippen LogP) is 1.93. The Bertz CT molecular complexity index is 706. The zero-order valence-electron chi connectivity index (χ0n) is 10.7. The molecule has 0 aliphatic heterocycles. The fraction of sp³-hybridized carbons (Fsp3) is 0.429. The monoisotopic (exact) mass is 261 g/mol. The summed E-state index contributed by atoms with van der Waals surface area (Å²) in [6.45, 7) is 0. The molecule has 1 heterocycles. The van der Waals surface area contributed by atoms with Crippen LogP contribution in [0.25, 0.3) is 11.1 Å². The van der Waals surface area contributed by atoms with Crippen molar-refractivity contribution in [2.45, 2.75) is 25.7 Å². The first-order chi connectivity index (χ1) is 9.02. The maximum Gasteiger partial charge on any atom is 0.419 e. The quantitative estimate of drug-likeness (QED) is 0.916. The van der Waals surface area contributed by atoms with Gasteiger partial charge in [-0.2, -0.15) is 0 Å². The van der Waals surface area contributed by atoms with Gasteiger partial charge < -0.3 is 9.52 Å². The van der Waals surface area contributed by atoms with E-state index in [1.165, 1.54) is 4.57 Å². The molecule has 2 aromatic rings. The van der Waals surface area contributed by atoms with Crippen molar-refractivity contribution >= 4 is 17.1 Å². The van der Waals surface area contributed by atoms with Gasteiger partial charge in [0.1, 0.15) is 0 Å². The summed E-state index contributed by atoms with van der Waals surface area (Å²) in [6.07, 6.45) is 2.91. The van der Waals surface area contributed by atoms with Gasteiger partial charge >= 0.3 is 11.7 Å². The number of hydrogen-bond donors (Lipinski definition) is 1. The fourth-order valence-corrected chi connectivity index (χ4v) is 2.75. The lowest BCUT2D eigenvalue weighted by Crippen LogP contribution is -2.39. The standard InChI is InChI=1S/C14H15NO4/c1-15-10-4-3-9(7-11(10)19-13(15)18)8-14(12(16)17)5-2-6-14/h3-4,7H,2,5-6,8H2,1H3,(H,16,17). The highest BCUT2D eigenvalue weighted by molar-refractivity contribution is 5.77. The third-order valence-electron chi connectivity index (χ3n) is 4.16. The van der Waals surface area contributed by atoms with E-state index in [2.05, 4.69) is 0 Å². The average molecular weight is 261 g/mol. The van der Waals surface area contributed by atoms with Gasteiger partial charge in [0.05, 0.1) is 10.9 Å². The average Bonchev–Trinajstić information content (AvgIpc) is 2.59. The Balaban J connectivity index is 1.98. The third kappa shape index (κ3) is 1.77. The molecule has 0 bridgehead atoms. The Kier molecular flexibility index (Phi) is 2.52. The number of benzene rings is 1. The van der Waals surface area contributed by atoms with Crippen molar-refractivity contribution in [3.05, 3.63) is 34.3 Å². The molecule has 1 N–H and O–H groups in total. The molecule has 3 rings (SSSR count). The fourth-order valence-electron chi connectivity index (χ4n) is 2.75. The van der Waals surface area contributed by atoms with Gasteiger partial charge in [-0.05, 0) is 37.0 Å². The van der Waals surface area contributed by atoms with E-state index in [1.807, 2.05) is 12.1 Å². The highest BCUT2D eigenvalue weighted by Crippen LogP contribution is 2.44. The summed E-state index contributed by atoms with van der Waals surface area (Å²) in [6, 6.07) is 5.46. The lowest BCUT2D eigenvalue weighted by atomic mass is 9.65. The number of nitrogens with zero attached hydrogens (tertiary/aromatic N) is 1. The number of oxazole rings is 1. The van der Waals surface area contributed by atoms with Crippen molar-refractivity contribution < 1.29 is 14.3 Å². The molecule has 0 unspecified atom stereocenters. The smallest absolute Gasteiger partial charge is 0.419 e. The minimum absolute atomic E-state index is 0.399. The summed E-state index contributed by atoms with van der Waals surface area (Å²) in [4.78, 5) is 22.8. The second kappa shape index (κ2) is 3.98. The van der Waals surface area contributed by atoms with Crippen LogP contribution < -0.4 is 5.76 Å². The summed E-state index contributed by atoms with van der Waals surface area (Å²) in [5.74, 6) is -1.13. The van der Waals surface area contributed by atoms with E-state index >= 15 is 0 Å². The molecule has 1 aliphatic rings. The van der Waals surface area contributed by atoms with Crippen LogP contribution in [-0.4, -0.2) is 15.6 Å². The van der Waals surface area contributed by atoms with E-state index in [-0.39, 0.29) is 0 Å². The molecule has 0 amide bonds. The second-order valence-electron chi connectivity index (χ2n) is 5.34. The Labute approximate surface area is 109 Å². The number of aryl methyl sites for hydroxylation is 1. The van der Waals surface area contributed by atoms with Crippen LogP contribution in [-0.2, 0) is 18.3 Å². The number of hydrogen-bond acceptors (Lipinski definition) is 3. The summed E-state index contributed by atoms with van der Waals surface area (Å²) in [7, 11) is 1.65. The molecule has 0 atom stereocenters. The number of aromatic nitrogens is 1. The first kappa shape index (κ1) is 12.0. The van der Waals surface area contributed by atoms with Crippen molar-refractivity contribution in [2.75, 3.05) is 0 Å². The zero-order chi connectivity index (χ0) is 13.6. The van der Waals surface area contributed by atoms with E-state index in [0.29, 0.717) is 12.0 Å². The van der Waals surface area contributed by atoms with Crippen LogP contribution in [0.1, 0.15) is 24.8 Å². The molecular formula is C14H15NO4. The predicted molar refractivity (Wildman–Crippen MR) is 69.1 cm³/mol. The van der Waals surface area contributed by atoms with Gasteiger partial charge in [0.2, 0.25) is 0 Å². The Hall–Kier alpha value is -2.04. The molecule has 1 aromatic carbocycles. The topological polar surface area (TPSA) is 72.4 Å².